The summed E-state index contributed by atoms with van der Waals surface area (Å²) >= 11 is 1.43. The quantitative estimate of drug-likeness (QED) is 0.657. The molecule has 0 N–H and O–H groups in total. The lowest BCUT2D eigenvalue weighted by Crippen LogP contribution is -2.26. The van der Waals surface area contributed by atoms with Gasteiger partial charge in [-0.25, -0.2) is 0 Å². The van der Waals surface area contributed by atoms with E-state index in [-0.39, 0.29) is 12.1 Å². The number of methoxy groups -OCH3 is 1. The van der Waals surface area contributed by atoms with Crippen molar-refractivity contribution >= 4 is 33.2 Å². The number of thiophene rings is 1. The molecule has 0 aliphatic rings. The Hall–Kier alpha value is -2.08. The number of carbonyl (C=O) groups is 1. The summed E-state index contributed by atoms with van der Waals surface area (Å²) in [6.07, 6.45) is 1.84. The fourth-order valence-corrected chi connectivity index (χ4v) is 2.90. The van der Waals surface area contributed by atoms with Crippen LogP contribution in [0.25, 0.3) is 15.9 Å². The predicted molar refractivity (Wildman–Crippen MR) is 69.1 cm³/mol. The lowest BCUT2D eigenvalue weighted by Gasteiger charge is -2.07. The first kappa shape index (κ1) is 11.0. The first-order valence-corrected chi connectivity index (χ1v) is 6.24. The largest absolute Gasteiger partial charge is 0.468 e. The molecule has 5 nitrogen and oxygen atoms in total. The Morgan fingerprint density at radius 1 is 1.39 bits per heavy atom. The minimum Gasteiger partial charge on any atom is -0.468 e. The minimum absolute atomic E-state index is 0.0615. The van der Waals surface area contributed by atoms with Gasteiger partial charge >= 0.3 is 5.97 Å². The van der Waals surface area contributed by atoms with Crippen molar-refractivity contribution in [3.05, 3.63) is 40.1 Å². The molecule has 92 valence electrons. The van der Waals surface area contributed by atoms with Gasteiger partial charge < -0.3 is 9.14 Å². The van der Waals surface area contributed by atoms with Crippen molar-refractivity contribution in [1.82, 2.24) is 8.97 Å². The Morgan fingerprint density at radius 3 is 3.00 bits per heavy atom. The highest BCUT2D eigenvalue weighted by molar-refractivity contribution is 7.16. The first-order valence-electron chi connectivity index (χ1n) is 5.36. The van der Waals surface area contributed by atoms with E-state index < -0.39 is 5.97 Å². The maximum absolute atomic E-state index is 12.3. The third-order valence-corrected chi connectivity index (χ3v) is 3.78. The summed E-state index contributed by atoms with van der Waals surface area (Å²) in [7, 11) is 1.31. The van der Waals surface area contributed by atoms with Crippen LogP contribution in [0.4, 0.5) is 0 Å². The van der Waals surface area contributed by atoms with Crippen LogP contribution in [0.15, 0.2) is 34.6 Å². The fourth-order valence-electron chi connectivity index (χ4n) is 2.01. The van der Waals surface area contributed by atoms with Gasteiger partial charge in [-0.15, -0.1) is 11.3 Å². The molecule has 18 heavy (non-hydrogen) atoms. The average Bonchev–Trinajstić information content (AvgIpc) is 3.00. The van der Waals surface area contributed by atoms with Crippen LogP contribution in [0.5, 0.6) is 0 Å². The van der Waals surface area contributed by atoms with Gasteiger partial charge in [-0.05, 0) is 23.6 Å². The van der Waals surface area contributed by atoms with Gasteiger partial charge in [-0.2, -0.15) is 0 Å². The zero-order valence-corrected chi connectivity index (χ0v) is 10.4. The number of aromatic nitrogens is 2. The summed E-state index contributed by atoms with van der Waals surface area (Å²) in [4.78, 5) is 24.5. The second kappa shape index (κ2) is 3.99. The highest BCUT2D eigenvalue weighted by Gasteiger charge is 2.13. The summed E-state index contributed by atoms with van der Waals surface area (Å²) in [5, 5.41) is 1.90. The molecular weight excluding hydrogens is 252 g/mol. The van der Waals surface area contributed by atoms with Crippen LogP contribution in [0.2, 0.25) is 0 Å². The summed E-state index contributed by atoms with van der Waals surface area (Å²) in [6, 6.07) is 5.49. The van der Waals surface area contributed by atoms with E-state index in [1.54, 1.807) is 6.07 Å². The Balaban J connectivity index is 2.38. The van der Waals surface area contributed by atoms with Gasteiger partial charge in [0.25, 0.3) is 5.56 Å². The number of rotatable bonds is 2. The molecule has 0 saturated carbocycles. The number of fused-ring (bicyclic) bond motifs is 3. The fraction of sp³-hybridized carbons (Fsp3) is 0.167. The monoisotopic (exact) mass is 262 g/mol. The second-order valence-corrected chi connectivity index (χ2v) is 4.74. The van der Waals surface area contributed by atoms with Crippen molar-refractivity contribution in [3.63, 3.8) is 0 Å². The van der Waals surface area contributed by atoms with Crippen molar-refractivity contribution < 1.29 is 9.53 Å². The van der Waals surface area contributed by atoms with Crippen LogP contribution in [0.3, 0.4) is 0 Å². The number of ether oxygens (including phenoxy) is 1. The van der Waals surface area contributed by atoms with Crippen LogP contribution in [-0.4, -0.2) is 22.0 Å². The average molecular weight is 262 g/mol. The van der Waals surface area contributed by atoms with E-state index in [4.69, 9.17) is 0 Å². The van der Waals surface area contributed by atoms with Crippen molar-refractivity contribution in [2.24, 2.45) is 0 Å². The number of nitrogens with zero attached hydrogens (tertiary/aromatic N) is 2. The Kier molecular flexibility index (Phi) is 2.45. The SMILES string of the molecule is COC(=O)Cn1c(=O)c2cccn2c2ccsc21. The van der Waals surface area contributed by atoms with Gasteiger partial charge in [0, 0.05) is 6.20 Å². The molecular formula is C12H10N2O3S. The van der Waals surface area contributed by atoms with E-state index in [0.717, 1.165) is 10.3 Å². The van der Waals surface area contributed by atoms with Crippen LogP contribution in [0.1, 0.15) is 0 Å². The Bertz CT molecular complexity index is 796. The molecule has 0 fully saturated rings. The minimum atomic E-state index is -0.428. The normalized spacial score (nSPS) is 11.2. The van der Waals surface area contributed by atoms with Gasteiger partial charge in [0.15, 0.2) is 0 Å². The van der Waals surface area contributed by atoms with Crippen LogP contribution in [-0.2, 0) is 16.1 Å². The Labute approximate surface area is 106 Å². The molecule has 0 bridgehead atoms. The topological polar surface area (TPSA) is 52.7 Å². The third-order valence-electron chi connectivity index (χ3n) is 2.86. The zero-order valence-electron chi connectivity index (χ0n) is 9.62. The van der Waals surface area contributed by atoms with Gasteiger partial charge in [0.2, 0.25) is 0 Å². The highest BCUT2D eigenvalue weighted by Crippen LogP contribution is 2.20. The molecule has 0 atom stereocenters. The third kappa shape index (κ3) is 1.46. The molecule has 0 radical (unpaired) electrons. The van der Waals surface area contributed by atoms with Gasteiger partial charge in [0.1, 0.15) is 16.9 Å². The summed E-state index contributed by atoms with van der Waals surface area (Å²) < 4.78 is 7.92. The predicted octanol–water partition coefficient (Wildman–Crippen LogP) is 1.49. The lowest BCUT2D eigenvalue weighted by atomic mass is 10.4. The molecule has 3 rings (SSSR count). The van der Waals surface area contributed by atoms with E-state index in [1.165, 1.54) is 23.0 Å². The molecule has 3 aromatic heterocycles. The summed E-state index contributed by atoms with van der Waals surface area (Å²) in [5.74, 6) is -0.428. The van der Waals surface area contributed by atoms with E-state index in [1.807, 2.05) is 28.1 Å². The number of hydrogen-bond acceptors (Lipinski definition) is 4. The van der Waals surface area contributed by atoms with Crippen molar-refractivity contribution in [1.29, 1.82) is 0 Å². The van der Waals surface area contributed by atoms with E-state index in [2.05, 4.69) is 4.74 Å². The Morgan fingerprint density at radius 2 is 2.22 bits per heavy atom. The molecule has 0 aromatic carbocycles. The van der Waals surface area contributed by atoms with E-state index in [0.29, 0.717) is 5.52 Å². The molecule has 3 heterocycles. The van der Waals surface area contributed by atoms with Crippen LogP contribution >= 0.6 is 11.3 Å². The van der Waals surface area contributed by atoms with Gasteiger partial charge in [0.05, 0.1) is 12.6 Å². The maximum atomic E-state index is 12.3. The lowest BCUT2D eigenvalue weighted by molar-refractivity contribution is -0.141. The molecule has 0 amide bonds. The zero-order chi connectivity index (χ0) is 12.7. The molecule has 0 aliphatic heterocycles. The smallest absolute Gasteiger partial charge is 0.325 e. The second-order valence-electron chi connectivity index (χ2n) is 3.84. The maximum Gasteiger partial charge on any atom is 0.325 e. The van der Waals surface area contributed by atoms with E-state index >= 15 is 0 Å². The molecule has 0 saturated heterocycles. The molecule has 0 aliphatic carbocycles. The molecule has 0 spiro atoms. The van der Waals surface area contributed by atoms with Gasteiger partial charge in [-0.1, -0.05) is 0 Å². The number of hydrogen-bond donors (Lipinski definition) is 0. The van der Waals surface area contributed by atoms with Crippen molar-refractivity contribution in [3.8, 4) is 0 Å². The summed E-state index contributed by atoms with van der Waals surface area (Å²) in [5.41, 5.74) is 1.30. The molecule has 0 unspecified atom stereocenters. The first-order chi connectivity index (χ1) is 8.72. The standard InChI is InChI=1S/C12H10N2O3S/c1-17-10(15)7-14-11(16)8-3-2-5-13(8)9-4-6-18-12(9)14/h2-6H,7H2,1H3. The van der Waals surface area contributed by atoms with Crippen LogP contribution in [0, 0.1) is 0 Å². The molecule has 3 aromatic rings. The highest BCUT2D eigenvalue weighted by atomic mass is 32.1. The summed E-state index contributed by atoms with van der Waals surface area (Å²) in [6.45, 7) is -0.0615. The number of esters is 1. The van der Waals surface area contributed by atoms with Crippen molar-refractivity contribution in [2.75, 3.05) is 7.11 Å². The van der Waals surface area contributed by atoms with Crippen LogP contribution < -0.4 is 5.56 Å². The van der Waals surface area contributed by atoms with Gasteiger partial charge in [-0.3, -0.25) is 14.2 Å². The molecule has 6 heteroatoms. The number of carbonyl (C=O) groups excluding carboxylic acids is 1. The van der Waals surface area contributed by atoms with Crippen molar-refractivity contribution in [2.45, 2.75) is 6.54 Å². The van der Waals surface area contributed by atoms with E-state index in [9.17, 15) is 9.59 Å².